The molecular formula is C14H19N3O2S. The smallest absolute Gasteiger partial charge is 0.167 e. The SMILES string of the molecule is COc1ccc(OC)c(C(N)CSc2nccn2C)c1. The third-order valence-corrected chi connectivity index (χ3v) is 4.18. The van der Waals surface area contributed by atoms with Crippen LogP contribution < -0.4 is 15.2 Å². The quantitative estimate of drug-likeness (QED) is 0.828. The molecule has 5 nitrogen and oxygen atoms in total. The second kappa shape index (κ2) is 6.67. The van der Waals surface area contributed by atoms with Gasteiger partial charge in [0.05, 0.1) is 14.2 Å². The van der Waals surface area contributed by atoms with Crippen molar-refractivity contribution in [2.75, 3.05) is 20.0 Å². The van der Waals surface area contributed by atoms with Crippen molar-refractivity contribution in [2.45, 2.75) is 11.2 Å². The maximum Gasteiger partial charge on any atom is 0.167 e. The molecule has 0 saturated heterocycles. The summed E-state index contributed by atoms with van der Waals surface area (Å²) in [4.78, 5) is 4.27. The van der Waals surface area contributed by atoms with E-state index >= 15 is 0 Å². The van der Waals surface area contributed by atoms with E-state index in [2.05, 4.69) is 4.98 Å². The van der Waals surface area contributed by atoms with Crippen LogP contribution in [0.5, 0.6) is 11.5 Å². The van der Waals surface area contributed by atoms with Gasteiger partial charge in [-0.15, -0.1) is 0 Å². The molecule has 108 valence electrons. The summed E-state index contributed by atoms with van der Waals surface area (Å²) >= 11 is 1.62. The third kappa shape index (κ3) is 3.26. The standard InChI is InChI=1S/C14H19N3O2S/c1-17-7-6-16-14(17)20-9-12(15)11-8-10(18-2)4-5-13(11)19-3/h4-8,12H,9,15H2,1-3H3. The Hall–Kier alpha value is -1.66. The van der Waals surface area contributed by atoms with Gasteiger partial charge in [-0.25, -0.2) is 4.98 Å². The van der Waals surface area contributed by atoms with Crippen molar-refractivity contribution in [1.29, 1.82) is 0 Å². The molecule has 0 amide bonds. The lowest BCUT2D eigenvalue weighted by atomic mass is 10.1. The summed E-state index contributed by atoms with van der Waals surface area (Å²) in [6.45, 7) is 0. The lowest BCUT2D eigenvalue weighted by Gasteiger charge is -2.16. The molecule has 0 aliphatic heterocycles. The Bertz CT molecular complexity index is 571. The molecule has 1 unspecified atom stereocenters. The summed E-state index contributed by atoms with van der Waals surface area (Å²) in [5, 5.41) is 0.947. The molecule has 1 atom stereocenters. The molecule has 6 heteroatoms. The van der Waals surface area contributed by atoms with Crippen LogP contribution in [-0.4, -0.2) is 29.5 Å². The number of nitrogens with two attached hydrogens (primary N) is 1. The molecule has 1 aromatic carbocycles. The molecule has 0 bridgehead atoms. The van der Waals surface area contributed by atoms with E-state index in [9.17, 15) is 0 Å². The number of thioether (sulfide) groups is 1. The summed E-state index contributed by atoms with van der Waals surface area (Å²) in [6, 6.07) is 5.50. The van der Waals surface area contributed by atoms with Crippen molar-refractivity contribution in [3.63, 3.8) is 0 Å². The monoisotopic (exact) mass is 293 g/mol. The van der Waals surface area contributed by atoms with Crippen molar-refractivity contribution >= 4 is 11.8 Å². The molecule has 0 aliphatic carbocycles. The number of benzene rings is 1. The van der Waals surface area contributed by atoms with E-state index in [0.717, 1.165) is 22.2 Å². The van der Waals surface area contributed by atoms with Crippen LogP contribution in [0.1, 0.15) is 11.6 Å². The number of methoxy groups -OCH3 is 2. The molecule has 1 aromatic heterocycles. The molecule has 0 radical (unpaired) electrons. The zero-order chi connectivity index (χ0) is 14.5. The van der Waals surface area contributed by atoms with Gasteiger partial charge in [0, 0.05) is 36.8 Å². The average Bonchev–Trinajstić information content (AvgIpc) is 2.89. The van der Waals surface area contributed by atoms with Gasteiger partial charge in [-0.05, 0) is 18.2 Å². The van der Waals surface area contributed by atoms with Crippen molar-refractivity contribution < 1.29 is 9.47 Å². The van der Waals surface area contributed by atoms with Crippen molar-refractivity contribution in [3.8, 4) is 11.5 Å². The molecule has 2 aromatic rings. The van der Waals surface area contributed by atoms with E-state index in [1.54, 1.807) is 32.2 Å². The van der Waals surface area contributed by atoms with Gasteiger partial charge in [-0.1, -0.05) is 11.8 Å². The van der Waals surface area contributed by atoms with Gasteiger partial charge in [0.15, 0.2) is 5.16 Å². The van der Waals surface area contributed by atoms with Gasteiger partial charge < -0.3 is 19.8 Å². The number of ether oxygens (including phenoxy) is 2. The molecule has 2 N–H and O–H groups in total. The summed E-state index contributed by atoms with van der Waals surface area (Å²) in [5.74, 6) is 2.27. The van der Waals surface area contributed by atoms with Crippen LogP contribution in [0.3, 0.4) is 0 Å². The van der Waals surface area contributed by atoms with Crippen LogP contribution in [-0.2, 0) is 7.05 Å². The van der Waals surface area contributed by atoms with Gasteiger partial charge in [-0.3, -0.25) is 0 Å². The summed E-state index contributed by atoms with van der Waals surface area (Å²) in [6.07, 6.45) is 3.69. The van der Waals surface area contributed by atoms with E-state index in [4.69, 9.17) is 15.2 Å². The molecule has 0 fully saturated rings. The van der Waals surface area contributed by atoms with E-state index in [1.165, 1.54) is 0 Å². The van der Waals surface area contributed by atoms with E-state index in [0.29, 0.717) is 5.75 Å². The van der Waals surface area contributed by atoms with Crippen LogP contribution in [0, 0.1) is 0 Å². The minimum Gasteiger partial charge on any atom is -0.497 e. The Labute approximate surface area is 123 Å². The topological polar surface area (TPSA) is 62.3 Å². The number of aryl methyl sites for hydroxylation is 1. The lowest BCUT2D eigenvalue weighted by molar-refractivity contribution is 0.396. The Morgan fingerprint density at radius 3 is 2.75 bits per heavy atom. The zero-order valence-electron chi connectivity index (χ0n) is 11.9. The first-order valence-corrected chi connectivity index (χ1v) is 7.22. The first kappa shape index (κ1) is 14.7. The number of rotatable bonds is 6. The highest BCUT2D eigenvalue weighted by Crippen LogP contribution is 2.31. The van der Waals surface area contributed by atoms with Crippen LogP contribution >= 0.6 is 11.8 Å². The maximum absolute atomic E-state index is 6.27. The van der Waals surface area contributed by atoms with Gasteiger partial charge >= 0.3 is 0 Å². The number of nitrogens with zero attached hydrogens (tertiary/aromatic N) is 2. The Morgan fingerprint density at radius 2 is 2.15 bits per heavy atom. The minimum absolute atomic E-state index is 0.151. The minimum atomic E-state index is -0.151. The molecular weight excluding hydrogens is 274 g/mol. The van der Waals surface area contributed by atoms with E-state index in [1.807, 2.05) is 36.0 Å². The average molecular weight is 293 g/mol. The van der Waals surface area contributed by atoms with Crippen molar-refractivity contribution in [2.24, 2.45) is 12.8 Å². The molecule has 0 aliphatic rings. The van der Waals surface area contributed by atoms with Crippen molar-refractivity contribution in [3.05, 3.63) is 36.2 Å². The first-order valence-electron chi connectivity index (χ1n) is 6.23. The fourth-order valence-electron chi connectivity index (χ4n) is 1.87. The highest BCUT2D eigenvalue weighted by Gasteiger charge is 2.14. The molecule has 0 saturated carbocycles. The first-order chi connectivity index (χ1) is 9.65. The number of aromatic nitrogens is 2. The Morgan fingerprint density at radius 1 is 1.35 bits per heavy atom. The number of imidazole rings is 1. The number of hydrogen-bond donors (Lipinski definition) is 1. The van der Waals surface area contributed by atoms with Gasteiger partial charge in [0.2, 0.25) is 0 Å². The largest absolute Gasteiger partial charge is 0.497 e. The second-order valence-electron chi connectivity index (χ2n) is 4.35. The second-order valence-corrected chi connectivity index (χ2v) is 5.33. The van der Waals surface area contributed by atoms with Crippen molar-refractivity contribution in [1.82, 2.24) is 9.55 Å². The van der Waals surface area contributed by atoms with Gasteiger partial charge in [0.25, 0.3) is 0 Å². The van der Waals surface area contributed by atoms with Gasteiger partial charge in [0.1, 0.15) is 11.5 Å². The Balaban J connectivity index is 2.11. The summed E-state index contributed by atoms with van der Waals surface area (Å²) < 4.78 is 12.6. The van der Waals surface area contributed by atoms with Gasteiger partial charge in [-0.2, -0.15) is 0 Å². The summed E-state index contributed by atoms with van der Waals surface area (Å²) in [5.41, 5.74) is 7.21. The van der Waals surface area contributed by atoms with Crippen LogP contribution in [0.4, 0.5) is 0 Å². The van der Waals surface area contributed by atoms with E-state index < -0.39 is 0 Å². The maximum atomic E-state index is 6.27. The van der Waals surface area contributed by atoms with Crippen LogP contribution in [0.15, 0.2) is 35.7 Å². The molecule has 1 heterocycles. The predicted octanol–water partition coefficient (Wildman–Crippen LogP) is 2.23. The predicted molar refractivity (Wildman–Crippen MR) is 80.4 cm³/mol. The zero-order valence-corrected chi connectivity index (χ0v) is 12.7. The van der Waals surface area contributed by atoms with Crippen LogP contribution in [0.25, 0.3) is 0 Å². The molecule has 0 spiro atoms. The lowest BCUT2D eigenvalue weighted by Crippen LogP contribution is -2.14. The normalized spacial score (nSPS) is 12.2. The fraction of sp³-hybridized carbons (Fsp3) is 0.357. The summed E-state index contributed by atoms with van der Waals surface area (Å²) in [7, 11) is 5.25. The fourth-order valence-corrected chi connectivity index (χ4v) is 2.78. The molecule has 2 rings (SSSR count). The number of hydrogen-bond acceptors (Lipinski definition) is 5. The van der Waals surface area contributed by atoms with Crippen LogP contribution in [0.2, 0.25) is 0 Å². The third-order valence-electron chi connectivity index (χ3n) is 3.01. The van der Waals surface area contributed by atoms with E-state index in [-0.39, 0.29) is 6.04 Å². The molecule has 20 heavy (non-hydrogen) atoms. The highest BCUT2D eigenvalue weighted by atomic mass is 32.2. The highest BCUT2D eigenvalue weighted by molar-refractivity contribution is 7.99. The Kier molecular flexibility index (Phi) is 4.92.